The van der Waals surface area contributed by atoms with E-state index in [0.29, 0.717) is 11.3 Å². The van der Waals surface area contributed by atoms with Crippen LogP contribution in [0.25, 0.3) is 0 Å². The summed E-state index contributed by atoms with van der Waals surface area (Å²) in [6.07, 6.45) is 4.42. The van der Waals surface area contributed by atoms with Gasteiger partial charge in [0.15, 0.2) is 0 Å². The molecule has 198 valence electrons. The van der Waals surface area contributed by atoms with Gasteiger partial charge in [-0.25, -0.2) is 4.79 Å². The number of amides is 4. The number of carbonyl (C=O) groups is 3. The third-order valence-electron chi connectivity index (χ3n) is 7.45. The zero-order chi connectivity index (χ0) is 26.3. The fraction of sp³-hybridized carbons (Fsp3) is 0.519. The maximum atomic E-state index is 13.5. The van der Waals surface area contributed by atoms with Crippen molar-refractivity contribution in [2.24, 2.45) is 5.92 Å². The molecule has 0 radical (unpaired) electrons. The van der Waals surface area contributed by atoms with Gasteiger partial charge in [0, 0.05) is 29.4 Å². The second kappa shape index (κ2) is 10.4. The molecular weight excluding hydrogens is 490 g/mol. The summed E-state index contributed by atoms with van der Waals surface area (Å²) in [5.41, 5.74) is 2.55. The number of rotatable bonds is 7. The number of urea groups is 1. The van der Waals surface area contributed by atoms with E-state index in [1.807, 2.05) is 43.9 Å². The third kappa shape index (κ3) is 5.09. The van der Waals surface area contributed by atoms with Gasteiger partial charge < -0.3 is 26.0 Å². The first-order chi connectivity index (χ1) is 17.7. The zero-order valence-corrected chi connectivity index (χ0v) is 22.3. The molecule has 1 saturated carbocycles. The Bertz CT molecular complexity index is 1150. The molecule has 3 unspecified atom stereocenters. The second-order valence-electron chi connectivity index (χ2n) is 10.4. The molecule has 0 bridgehead atoms. The number of benzene rings is 1. The molecule has 5 rings (SSSR count). The van der Waals surface area contributed by atoms with Crippen molar-refractivity contribution in [3.05, 3.63) is 47.0 Å². The molecule has 1 aliphatic carbocycles. The number of anilines is 1. The van der Waals surface area contributed by atoms with Gasteiger partial charge in [-0.1, -0.05) is 18.3 Å². The first-order valence-electron chi connectivity index (χ1n) is 13.0. The molecule has 1 aromatic rings. The molecule has 0 spiro atoms. The lowest BCUT2D eigenvalue weighted by molar-refractivity contribution is -0.117. The monoisotopic (exact) mass is 525 g/mol. The standard InChI is InChI=1S/C27H35N5O4S/c1-5-21(33)29-16-6-7-17(13-16)30-25(34)24-23-22-20(10-11-28-26(22)37-24)32(27(35)31-23)19-9-8-18(12-15(19)4)36-14(2)3/h5,8-9,12,14,16-17,20,22,26,28H,1,6-7,10-11,13H2,2-4H3,(H,29,33)(H,30,34)(H,31,35)/t16-,17+,20?,22?,26?/m1/s1. The highest BCUT2D eigenvalue weighted by molar-refractivity contribution is 8.04. The van der Waals surface area contributed by atoms with Crippen molar-refractivity contribution >= 4 is 35.3 Å². The summed E-state index contributed by atoms with van der Waals surface area (Å²) in [6.45, 7) is 10.2. The minimum atomic E-state index is -0.210. The number of piperidine rings is 1. The average molecular weight is 526 g/mol. The van der Waals surface area contributed by atoms with Crippen molar-refractivity contribution in [1.29, 1.82) is 0 Å². The maximum Gasteiger partial charge on any atom is 0.326 e. The van der Waals surface area contributed by atoms with Crippen molar-refractivity contribution in [1.82, 2.24) is 21.3 Å². The first-order valence-corrected chi connectivity index (χ1v) is 13.9. The lowest BCUT2D eigenvalue weighted by Gasteiger charge is -2.46. The van der Waals surface area contributed by atoms with Gasteiger partial charge in [-0.3, -0.25) is 14.5 Å². The fourth-order valence-electron chi connectivity index (χ4n) is 5.90. The van der Waals surface area contributed by atoms with Gasteiger partial charge in [-0.15, -0.1) is 0 Å². The van der Waals surface area contributed by atoms with Crippen molar-refractivity contribution in [2.75, 3.05) is 11.4 Å². The lowest BCUT2D eigenvalue weighted by atomic mass is 9.86. The summed E-state index contributed by atoms with van der Waals surface area (Å²) >= 11 is 1.50. The van der Waals surface area contributed by atoms with Crippen LogP contribution in [-0.2, 0) is 9.59 Å². The number of carbonyl (C=O) groups excluding carboxylic acids is 3. The Kier molecular flexibility index (Phi) is 7.22. The number of hydrogen-bond donors (Lipinski definition) is 4. The van der Waals surface area contributed by atoms with Crippen molar-refractivity contribution in [3.63, 3.8) is 0 Å². The molecular formula is C27H35N5O4S. The summed E-state index contributed by atoms with van der Waals surface area (Å²) in [6, 6.07) is 5.59. The topological polar surface area (TPSA) is 112 Å². The van der Waals surface area contributed by atoms with Crippen molar-refractivity contribution < 1.29 is 19.1 Å². The van der Waals surface area contributed by atoms with E-state index in [0.717, 1.165) is 48.5 Å². The number of aryl methyl sites for hydroxylation is 1. The normalized spacial score (nSPS) is 28.6. The Balaban J connectivity index is 1.34. The minimum Gasteiger partial charge on any atom is -0.491 e. The molecule has 3 heterocycles. The van der Waals surface area contributed by atoms with Gasteiger partial charge >= 0.3 is 6.03 Å². The summed E-state index contributed by atoms with van der Waals surface area (Å²) < 4.78 is 5.83. The number of nitrogens with zero attached hydrogens (tertiary/aromatic N) is 1. The van der Waals surface area contributed by atoms with Crippen LogP contribution < -0.4 is 30.9 Å². The van der Waals surface area contributed by atoms with Crippen molar-refractivity contribution in [2.45, 2.75) is 76.1 Å². The molecule has 9 nitrogen and oxygen atoms in total. The van der Waals surface area contributed by atoms with E-state index in [1.54, 1.807) is 0 Å². The molecule has 0 aromatic heterocycles. The van der Waals surface area contributed by atoms with Gasteiger partial charge in [-0.05, 0) is 82.8 Å². The van der Waals surface area contributed by atoms with E-state index < -0.39 is 0 Å². The van der Waals surface area contributed by atoms with Crippen LogP contribution in [0.1, 0.15) is 45.1 Å². The highest BCUT2D eigenvalue weighted by Gasteiger charge is 2.52. The third-order valence-corrected chi connectivity index (χ3v) is 8.80. The van der Waals surface area contributed by atoms with Crippen LogP contribution in [0.3, 0.4) is 0 Å². The molecule has 10 heteroatoms. The van der Waals surface area contributed by atoms with Gasteiger partial charge in [0.2, 0.25) is 5.91 Å². The molecule has 4 N–H and O–H groups in total. The van der Waals surface area contributed by atoms with Gasteiger partial charge in [-0.2, -0.15) is 0 Å². The Morgan fingerprint density at radius 2 is 1.97 bits per heavy atom. The van der Waals surface area contributed by atoms with Crippen molar-refractivity contribution in [3.8, 4) is 5.75 Å². The lowest BCUT2D eigenvalue weighted by Crippen LogP contribution is -2.62. The molecule has 1 aromatic carbocycles. The van der Waals surface area contributed by atoms with E-state index in [4.69, 9.17) is 4.74 Å². The van der Waals surface area contributed by atoms with E-state index in [2.05, 4.69) is 27.8 Å². The molecule has 4 amide bonds. The first kappa shape index (κ1) is 25.7. The van der Waals surface area contributed by atoms with E-state index >= 15 is 0 Å². The largest absolute Gasteiger partial charge is 0.491 e. The van der Waals surface area contributed by atoms with Crippen LogP contribution in [0.2, 0.25) is 0 Å². The number of nitrogens with one attached hydrogen (secondary N) is 4. The number of thioether (sulfide) groups is 1. The molecule has 3 aliphatic heterocycles. The Hall–Kier alpha value is -2.98. The van der Waals surface area contributed by atoms with Gasteiger partial charge in [0.05, 0.1) is 22.4 Å². The molecule has 5 atom stereocenters. The Morgan fingerprint density at radius 3 is 2.68 bits per heavy atom. The summed E-state index contributed by atoms with van der Waals surface area (Å²) in [5.74, 6) is 0.425. The highest BCUT2D eigenvalue weighted by Crippen LogP contribution is 2.48. The minimum absolute atomic E-state index is 0.00797. The zero-order valence-electron chi connectivity index (χ0n) is 21.5. The Morgan fingerprint density at radius 1 is 1.22 bits per heavy atom. The number of ether oxygens (including phenoxy) is 1. The molecule has 3 fully saturated rings. The highest BCUT2D eigenvalue weighted by atomic mass is 32.2. The SMILES string of the molecule is C=CC(=O)N[C@@H]1CC[C@H](NC(=O)C2=C3NC(=O)N(c4ccc(OC(C)C)cc4C)C4CCNC(S2)C34)C1. The predicted molar refractivity (Wildman–Crippen MR) is 144 cm³/mol. The van der Waals surface area contributed by atoms with Crippen LogP contribution >= 0.6 is 11.8 Å². The molecule has 37 heavy (non-hydrogen) atoms. The molecule has 2 saturated heterocycles. The summed E-state index contributed by atoms with van der Waals surface area (Å²) in [5, 5.41) is 12.7. The van der Waals surface area contributed by atoms with Crippen LogP contribution in [0.4, 0.5) is 10.5 Å². The fourth-order valence-corrected chi connectivity index (χ4v) is 7.30. The van der Waals surface area contributed by atoms with E-state index in [-0.39, 0.29) is 53.4 Å². The van der Waals surface area contributed by atoms with Crippen LogP contribution in [-0.4, -0.2) is 54.0 Å². The van der Waals surface area contributed by atoms with Crippen LogP contribution in [0.5, 0.6) is 5.75 Å². The average Bonchev–Trinajstić information content (AvgIpc) is 3.44. The van der Waals surface area contributed by atoms with E-state index in [1.165, 1.54) is 17.8 Å². The quantitative estimate of drug-likeness (QED) is 0.408. The summed E-state index contributed by atoms with van der Waals surface area (Å²) in [4.78, 5) is 40.9. The second-order valence-corrected chi connectivity index (χ2v) is 11.6. The summed E-state index contributed by atoms with van der Waals surface area (Å²) in [7, 11) is 0. The number of hydrogen-bond acceptors (Lipinski definition) is 6. The predicted octanol–water partition coefficient (Wildman–Crippen LogP) is 2.91. The molecule has 4 aliphatic rings. The maximum absolute atomic E-state index is 13.5. The van der Waals surface area contributed by atoms with Gasteiger partial charge in [0.1, 0.15) is 5.75 Å². The van der Waals surface area contributed by atoms with E-state index in [9.17, 15) is 14.4 Å². The van der Waals surface area contributed by atoms with Crippen LogP contribution in [0.15, 0.2) is 41.5 Å². The van der Waals surface area contributed by atoms with Gasteiger partial charge in [0.25, 0.3) is 5.91 Å². The smallest absolute Gasteiger partial charge is 0.326 e. The Labute approximate surface area is 221 Å². The van der Waals surface area contributed by atoms with Crippen LogP contribution in [0, 0.1) is 12.8 Å².